The van der Waals surface area contributed by atoms with Gasteiger partial charge in [0.2, 0.25) is 5.91 Å². The molecule has 1 aromatic carbocycles. The third kappa shape index (κ3) is 3.35. The number of aliphatic hydroxyl groups excluding tert-OH is 1. The summed E-state index contributed by atoms with van der Waals surface area (Å²) in [5.74, 6) is -0.370. The minimum atomic E-state index is -1.10. The number of hydrogen-bond donors (Lipinski definition) is 2. The number of rotatable bonds is 3. The molecule has 1 aromatic rings. The molecule has 2 fully saturated rings. The topological polar surface area (TPSA) is 126 Å². The van der Waals surface area contributed by atoms with Crippen LogP contribution in [0, 0.1) is 0 Å². The van der Waals surface area contributed by atoms with Gasteiger partial charge in [0.05, 0.1) is 12.6 Å². The molecule has 0 aromatic heterocycles. The lowest BCUT2D eigenvalue weighted by atomic mass is 9.95. The maximum atomic E-state index is 11.4. The Morgan fingerprint density at radius 2 is 2.12 bits per heavy atom. The number of azide groups is 1. The van der Waals surface area contributed by atoms with Crippen molar-refractivity contribution in [3.8, 4) is 0 Å². The molecule has 9 nitrogen and oxygen atoms in total. The van der Waals surface area contributed by atoms with Gasteiger partial charge in [-0.05, 0) is 5.53 Å². The van der Waals surface area contributed by atoms with E-state index >= 15 is 0 Å². The van der Waals surface area contributed by atoms with Crippen molar-refractivity contribution in [3.05, 3.63) is 46.3 Å². The van der Waals surface area contributed by atoms with Crippen LogP contribution < -0.4 is 5.32 Å². The minimum absolute atomic E-state index is 0.172. The minimum Gasteiger partial charge on any atom is -0.388 e. The van der Waals surface area contributed by atoms with E-state index in [1.807, 2.05) is 30.3 Å². The number of ether oxygens (including phenoxy) is 3. The van der Waals surface area contributed by atoms with Crippen molar-refractivity contribution in [3.63, 3.8) is 0 Å². The molecule has 0 saturated carbocycles. The van der Waals surface area contributed by atoms with Gasteiger partial charge in [-0.3, -0.25) is 4.79 Å². The molecule has 2 aliphatic rings. The fraction of sp³-hybridized carbons (Fsp3) is 0.533. The lowest BCUT2D eigenvalue weighted by Crippen LogP contribution is -2.65. The number of benzene rings is 1. The number of amides is 1. The lowest BCUT2D eigenvalue weighted by Gasteiger charge is -2.47. The summed E-state index contributed by atoms with van der Waals surface area (Å²) in [6, 6.07) is 8.42. The normalized spacial score (nSPS) is 35.4. The first kappa shape index (κ1) is 16.7. The van der Waals surface area contributed by atoms with Crippen LogP contribution in [0.4, 0.5) is 0 Å². The van der Waals surface area contributed by atoms with Crippen LogP contribution in [0.25, 0.3) is 10.4 Å². The summed E-state index contributed by atoms with van der Waals surface area (Å²) in [5, 5.41) is 16.7. The van der Waals surface area contributed by atoms with Crippen molar-refractivity contribution < 1.29 is 24.1 Å². The van der Waals surface area contributed by atoms with Gasteiger partial charge in [0.15, 0.2) is 12.5 Å². The summed E-state index contributed by atoms with van der Waals surface area (Å²) in [7, 11) is 0. The van der Waals surface area contributed by atoms with Crippen LogP contribution in [0.2, 0.25) is 0 Å². The average Bonchev–Trinajstić information content (AvgIpc) is 2.59. The summed E-state index contributed by atoms with van der Waals surface area (Å²) in [4.78, 5) is 14.1. The van der Waals surface area contributed by atoms with E-state index in [0.29, 0.717) is 0 Å². The van der Waals surface area contributed by atoms with Crippen molar-refractivity contribution in [2.24, 2.45) is 5.11 Å². The van der Waals surface area contributed by atoms with Gasteiger partial charge in [0.1, 0.15) is 18.3 Å². The SMILES string of the molecule is CC(=O)N[C@H]1[C@@H](O)[C@@H]2O[C@@H](c3ccccc3)OC[C@H]2O[C@H]1N=[N+]=[N-]. The molecule has 2 heterocycles. The van der Waals surface area contributed by atoms with Crippen LogP contribution in [-0.4, -0.2) is 48.2 Å². The monoisotopic (exact) mass is 334 g/mol. The molecule has 1 amide bonds. The third-order valence-electron chi connectivity index (χ3n) is 3.99. The maximum Gasteiger partial charge on any atom is 0.217 e. The molecule has 6 atom stereocenters. The number of nitrogens with one attached hydrogen (secondary N) is 1. The van der Waals surface area contributed by atoms with Crippen molar-refractivity contribution in [2.75, 3.05) is 6.61 Å². The molecule has 2 N–H and O–H groups in total. The second-order valence-corrected chi connectivity index (χ2v) is 5.66. The van der Waals surface area contributed by atoms with Gasteiger partial charge in [-0.1, -0.05) is 35.4 Å². The van der Waals surface area contributed by atoms with Gasteiger partial charge in [-0.25, -0.2) is 0 Å². The summed E-state index contributed by atoms with van der Waals surface area (Å²) in [5.41, 5.74) is 9.48. The smallest absolute Gasteiger partial charge is 0.217 e. The van der Waals surface area contributed by atoms with Crippen LogP contribution in [-0.2, 0) is 19.0 Å². The zero-order valence-electron chi connectivity index (χ0n) is 13.0. The highest BCUT2D eigenvalue weighted by Gasteiger charge is 2.49. The van der Waals surface area contributed by atoms with Gasteiger partial charge in [0.25, 0.3) is 0 Å². The van der Waals surface area contributed by atoms with E-state index in [4.69, 9.17) is 19.7 Å². The molecule has 0 bridgehead atoms. The first-order valence-corrected chi connectivity index (χ1v) is 7.57. The molecule has 24 heavy (non-hydrogen) atoms. The predicted molar refractivity (Wildman–Crippen MR) is 81.4 cm³/mol. The number of aliphatic hydroxyl groups is 1. The second-order valence-electron chi connectivity index (χ2n) is 5.66. The number of nitrogens with zero attached hydrogens (tertiary/aromatic N) is 3. The standard InChI is InChI=1S/C15H18N4O5/c1-8(20)17-11-12(21)13-10(23-14(11)18-19-16)7-22-15(24-13)9-5-3-2-4-6-9/h2-6,10-15,21H,7H2,1H3,(H,17,20)/t10-,11+,12-,13-,14-,15+/m1/s1. The highest BCUT2D eigenvalue weighted by Crippen LogP contribution is 2.34. The third-order valence-corrected chi connectivity index (χ3v) is 3.99. The molecular formula is C15H18N4O5. The first-order chi connectivity index (χ1) is 11.6. The quantitative estimate of drug-likeness (QED) is 0.484. The van der Waals surface area contributed by atoms with Crippen molar-refractivity contribution in [1.29, 1.82) is 0 Å². The molecule has 128 valence electrons. The van der Waals surface area contributed by atoms with Gasteiger partial charge in [-0.2, -0.15) is 0 Å². The van der Waals surface area contributed by atoms with E-state index in [0.717, 1.165) is 5.56 Å². The fourth-order valence-electron chi connectivity index (χ4n) is 2.93. The van der Waals surface area contributed by atoms with Crippen LogP contribution in [0.15, 0.2) is 35.4 Å². The summed E-state index contributed by atoms with van der Waals surface area (Å²) >= 11 is 0. The fourth-order valence-corrected chi connectivity index (χ4v) is 2.93. The Morgan fingerprint density at radius 1 is 1.38 bits per heavy atom. The van der Waals surface area contributed by atoms with Crippen LogP contribution in [0.3, 0.4) is 0 Å². The predicted octanol–water partition coefficient (Wildman–Crippen LogP) is 1.00. The number of carbonyl (C=O) groups excluding carboxylic acids is 1. The molecule has 0 radical (unpaired) electrons. The molecule has 0 aliphatic carbocycles. The van der Waals surface area contributed by atoms with Crippen molar-refractivity contribution in [1.82, 2.24) is 5.32 Å². The summed E-state index contributed by atoms with van der Waals surface area (Å²) < 4.78 is 17.1. The van der Waals surface area contributed by atoms with Crippen LogP contribution in [0.5, 0.6) is 0 Å². The number of carbonyl (C=O) groups is 1. The number of fused-ring (bicyclic) bond motifs is 1. The van der Waals surface area contributed by atoms with E-state index in [1.54, 1.807) is 0 Å². The Labute approximate surface area is 138 Å². The Bertz CT molecular complexity index is 636. The highest BCUT2D eigenvalue weighted by molar-refractivity contribution is 5.73. The largest absolute Gasteiger partial charge is 0.388 e. The Balaban J connectivity index is 1.79. The van der Waals surface area contributed by atoms with E-state index in [2.05, 4.69) is 15.3 Å². The second kappa shape index (κ2) is 7.16. The van der Waals surface area contributed by atoms with Gasteiger partial charge < -0.3 is 24.6 Å². The zero-order valence-corrected chi connectivity index (χ0v) is 13.0. The zero-order chi connectivity index (χ0) is 17.1. The van der Waals surface area contributed by atoms with Crippen molar-refractivity contribution in [2.45, 2.75) is 43.8 Å². The molecule has 0 spiro atoms. The van der Waals surface area contributed by atoms with Gasteiger partial charge in [-0.15, -0.1) is 0 Å². The summed E-state index contributed by atoms with van der Waals surface area (Å²) in [6.45, 7) is 1.48. The summed E-state index contributed by atoms with van der Waals surface area (Å²) in [6.07, 6.45) is -4.08. The van der Waals surface area contributed by atoms with Gasteiger partial charge >= 0.3 is 0 Å². The van der Waals surface area contributed by atoms with E-state index in [-0.39, 0.29) is 12.5 Å². The first-order valence-electron chi connectivity index (χ1n) is 7.57. The molecule has 0 unspecified atom stereocenters. The molecule has 2 saturated heterocycles. The molecule has 3 rings (SSSR count). The lowest BCUT2D eigenvalue weighted by molar-refractivity contribution is -0.314. The van der Waals surface area contributed by atoms with E-state index in [1.165, 1.54) is 6.92 Å². The Hall–Kier alpha value is -2.16. The van der Waals surface area contributed by atoms with E-state index in [9.17, 15) is 9.90 Å². The van der Waals surface area contributed by atoms with Crippen LogP contribution in [0.1, 0.15) is 18.8 Å². The number of hydrogen-bond acceptors (Lipinski definition) is 6. The Morgan fingerprint density at radius 3 is 2.79 bits per heavy atom. The Kier molecular flexibility index (Phi) is 4.98. The average molecular weight is 334 g/mol. The van der Waals surface area contributed by atoms with Crippen LogP contribution >= 0.6 is 0 Å². The maximum absolute atomic E-state index is 11.4. The molecule has 2 aliphatic heterocycles. The van der Waals surface area contributed by atoms with Crippen molar-refractivity contribution >= 4 is 5.91 Å². The van der Waals surface area contributed by atoms with E-state index < -0.39 is 36.9 Å². The molecular weight excluding hydrogens is 316 g/mol. The molecule has 9 heteroatoms. The highest BCUT2D eigenvalue weighted by atomic mass is 16.7. The van der Waals surface area contributed by atoms with Gasteiger partial charge in [0, 0.05) is 17.4 Å².